The van der Waals surface area contributed by atoms with Crippen LogP contribution in [0.4, 0.5) is 0 Å². The summed E-state index contributed by atoms with van der Waals surface area (Å²) < 4.78 is 5.42. The zero-order valence-corrected chi connectivity index (χ0v) is 9.38. The van der Waals surface area contributed by atoms with Gasteiger partial charge in [-0.05, 0) is 38.3 Å². The lowest BCUT2D eigenvalue weighted by Gasteiger charge is -2.37. The van der Waals surface area contributed by atoms with Crippen LogP contribution in [0.1, 0.15) is 36.5 Å². The third-order valence-corrected chi connectivity index (χ3v) is 3.17. The minimum Gasteiger partial charge on any atom is -0.456 e. The van der Waals surface area contributed by atoms with Crippen molar-refractivity contribution >= 4 is 17.6 Å². The number of carbonyl (C=O) groups is 1. The molecule has 0 radical (unpaired) electrons. The van der Waals surface area contributed by atoms with E-state index in [-0.39, 0.29) is 11.6 Å². The third-order valence-electron chi connectivity index (χ3n) is 2.84. The van der Waals surface area contributed by atoms with Crippen molar-refractivity contribution in [2.75, 3.05) is 0 Å². The summed E-state index contributed by atoms with van der Waals surface area (Å²) in [4.78, 5) is 11.8. The smallest absolute Gasteiger partial charge is 0.340 e. The van der Waals surface area contributed by atoms with Crippen molar-refractivity contribution in [2.45, 2.75) is 31.8 Å². The van der Waals surface area contributed by atoms with Crippen molar-refractivity contribution in [3.8, 4) is 0 Å². The number of esters is 1. The predicted octanol–water partition coefficient (Wildman–Crippen LogP) is 3.44. The summed E-state index contributed by atoms with van der Waals surface area (Å²) in [7, 11) is 0. The lowest BCUT2D eigenvalue weighted by molar-refractivity contribution is -0.0498. The first-order valence-corrected chi connectivity index (χ1v) is 5.46. The summed E-state index contributed by atoms with van der Waals surface area (Å²) in [6.07, 6.45) is 3.03. The Balaban J connectivity index is 2.11. The highest BCUT2D eigenvalue weighted by atomic mass is 35.5. The van der Waals surface area contributed by atoms with E-state index in [1.165, 1.54) is 0 Å². The molecule has 0 aromatic heterocycles. The van der Waals surface area contributed by atoms with Gasteiger partial charge in [-0.25, -0.2) is 4.79 Å². The van der Waals surface area contributed by atoms with Crippen LogP contribution >= 0.6 is 11.6 Å². The second-order valence-electron chi connectivity index (χ2n) is 4.17. The molecule has 0 N–H and O–H groups in total. The van der Waals surface area contributed by atoms with E-state index >= 15 is 0 Å². The van der Waals surface area contributed by atoms with E-state index in [9.17, 15) is 4.79 Å². The van der Waals surface area contributed by atoms with E-state index in [2.05, 4.69) is 0 Å². The molecule has 0 saturated heterocycles. The largest absolute Gasteiger partial charge is 0.456 e. The van der Waals surface area contributed by atoms with Gasteiger partial charge < -0.3 is 4.74 Å². The molecule has 0 unspecified atom stereocenters. The number of benzene rings is 1. The number of ether oxygens (including phenoxy) is 1. The highest BCUT2D eigenvalue weighted by molar-refractivity contribution is 6.33. The molecule has 0 spiro atoms. The predicted molar refractivity (Wildman–Crippen MR) is 59.1 cm³/mol. The summed E-state index contributed by atoms with van der Waals surface area (Å²) >= 11 is 5.91. The fraction of sp³-hybridized carbons (Fsp3) is 0.417. The summed E-state index contributed by atoms with van der Waals surface area (Å²) in [5.74, 6) is -0.317. The average molecular weight is 225 g/mol. The van der Waals surface area contributed by atoms with Crippen molar-refractivity contribution in [3.63, 3.8) is 0 Å². The molecule has 2 rings (SSSR count). The quantitative estimate of drug-likeness (QED) is 0.720. The maximum Gasteiger partial charge on any atom is 0.340 e. The van der Waals surface area contributed by atoms with Crippen molar-refractivity contribution in [1.29, 1.82) is 0 Å². The summed E-state index contributed by atoms with van der Waals surface area (Å²) in [5.41, 5.74) is 0.184. The van der Waals surface area contributed by atoms with Crippen molar-refractivity contribution in [1.82, 2.24) is 0 Å². The molecule has 0 bridgehead atoms. The molecule has 1 aliphatic carbocycles. The standard InChI is InChI=1S/C12H13ClO2/c1-12(7-4-8-12)15-11(14)9-5-2-3-6-10(9)13/h2-3,5-6H,4,7-8H2,1H3. The van der Waals surface area contributed by atoms with Gasteiger partial charge in [0.15, 0.2) is 0 Å². The van der Waals surface area contributed by atoms with Crippen LogP contribution in [0.25, 0.3) is 0 Å². The van der Waals surface area contributed by atoms with Crippen molar-refractivity contribution in [3.05, 3.63) is 34.9 Å². The Morgan fingerprint density at radius 2 is 2.07 bits per heavy atom. The molecule has 0 aliphatic heterocycles. The Hall–Kier alpha value is -1.02. The molecule has 3 heteroatoms. The first kappa shape index (κ1) is 10.5. The first-order chi connectivity index (χ1) is 7.11. The zero-order chi connectivity index (χ0) is 10.9. The van der Waals surface area contributed by atoms with Gasteiger partial charge in [0.1, 0.15) is 5.60 Å². The number of hydrogen-bond acceptors (Lipinski definition) is 2. The molecule has 80 valence electrons. The molecule has 1 fully saturated rings. The van der Waals surface area contributed by atoms with Crippen molar-refractivity contribution in [2.24, 2.45) is 0 Å². The van der Waals surface area contributed by atoms with Gasteiger partial charge in [0.25, 0.3) is 0 Å². The molecule has 0 amide bonds. The van der Waals surface area contributed by atoms with E-state index in [1.54, 1.807) is 24.3 Å². The lowest BCUT2D eigenvalue weighted by Crippen LogP contribution is -2.38. The van der Waals surface area contributed by atoms with Gasteiger partial charge in [-0.3, -0.25) is 0 Å². The van der Waals surface area contributed by atoms with Gasteiger partial charge >= 0.3 is 5.97 Å². The monoisotopic (exact) mass is 224 g/mol. The van der Waals surface area contributed by atoms with Gasteiger partial charge in [-0.2, -0.15) is 0 Å². The van der Waals surface area contributed by atoms with E-state index in [0.29, 0.717) is 10.6 Å². The minimum atomic E-state index is -0.317. The van der Waals surface area contributed by atoms with Crippen LogP contribution in [-0.4, -0.2) is 11.6 Å². The second-order valence-corrected chi connectivity index (χ2v) is 4.58. The third kappa shape index (κ3) is 2.15. The van der Waals surface area contributed by atoms with Crippen LogP contribution in [0.2, 0.25) is 5.02 Å². The van der Waals surface area contributed by atoms with E-state index in [0.717, 1.165) is 19.3 Å². The Labute approximate surface area is 94.2 Å². The molecule has 0 heterocycles. The highest BCUT2D eigenvalue weighted by Crippen LogP contribution is 2.36. The number of halogens is 1. The first-order valence-electron chi connectivity index (χ1n) is 5.09. The van der Waals surface area contributed by atoms with Gasteiger partial charge in [-0.15, -0.1) is 0 Å². The summed E-state index contributed by atoms with van der Waals surface area (Å²) in [6, 6.07) is 6.96. The van der Waals surface area contributed by atoms with Crippen LogP contribution in [0.15, 0.2) is 24.3 Å². The van der Waals surface area contributed by atoms with Crippen LogP contribution in [-0.2, 0) is 4.74 Å². The van der Waals surface area contributed by atoms with E-state index in [4.69, 9.17) is 16.3 Å². The molecule has 15 heavy (non-hydrogen) atoms. The van der Waals surface area contributed by atoms with Gasteiger partial charge in [0, 0.05) is 0 Å². The van der Waals surface area contributed by atoms with E-state index < -0.39 is 0 Å². The Morgan fingerprint density at radius 1 is 1.40 bits per heavy atom. The normalized spacial score (nSPS) is 18.0. The number of hydrogen-bond donors (Lipinski definition) is 0. The maximum atomic E-state index is 11.8. The molecule has 1 aliphatic rings. The van der Waals surface area contributed by atoms with Crippen LogP contribution in [0, 0.1) is 0 Å². The summed E-state index contributed by atoms with van der Waals surface area (Å²) in [6.45, 7) is 1.96. The molecule has 1 aromatic rings. The van der Waals surface area contributed by atoms with E-state index in [1.807, 2.05) is 6.92 Å². The van der Waals surface area contributed by atoms with Gasteiger partial charge in [-0.1, -0.05) is 23.7 Å². The molecule has 0 atom stereocenters. The molecule has 2 nitrogen and oxygen atoms in total. The highest BCUT2D eigenvalue weighted by Gasteiger charge is 2.36. The molecular formula is C12H13ClO2. The van der Waals surface area contributed by atoms with Crippen LogP contribution in [0.5, 0.6) is 0 Å². The number of rotatable bonds is 2. The lowest BCUT2D eigenvalue weighted by atomic mass is 9.82. The molecule has 1 saturated carbocycles. The Bertz CT molecular complexity index is 383. The van der Waals surface area contributed by atoms with Gasteiger partial charge in [0.2, 0.25) is 0 Å². The van der Waals surface area contributed by atoms with Gasteiger partial charge in [0.05, 0.1) is 10.6 Å². The fourth-order valence-electron chi connectivity index (χ4n) is 1.68. The molecule has 1 aromatic carbocycles. The average Bonchev–Trinajstić information content (AvgIpc) is 2.16. The van der Waals surface area contributed by atoms with Crippen LogP contribution < -0.4 is 0 Å². The summed E-state index contributed by atoms with van der Waals surface area (Å²) in [5, 5.41) is 0.449. The Morgan fingerprint density at radius 3 is 2.60 bits per heavy atom. The second kappa shape index (κ2) is 3.86. The fourth-order valence-corrected chi connectivity index (χ4v) is 1.90. The van der Waals surface area contributed by atoms with Crippen molar-refractivity contribution < 1.29 is 9.53 Å². The molecular weight excluding hydrogens is 212 g/mol. The topological polar surface area (TPSA) is 26.3 Å². The maximum absolute atomic E-state index is 11.8. The number of carbonyl (C=O) groups excluding carboxylic acids is 1. The van der Waals surface area contributed by atoms with Crippen LogP contribution in [0.3, 0.4) is 0 Å². The zero-order valence-electron chi connectivity index (χ0n) is 8.63. The SMILES string of the molecule is CC1(OC(=O)c2ccccc2Cl)CCC1. The minimum absolute atomic E-state index is 0.268. The Kier molecular flexibility index (Phi) is 2.70.